The number of methoxy groups -OCH3 is 1. The number of carbonyl (C=O) groups is 3. The van der Waals surface area contributed by atoms with Crippen LogP contribution < -0.4 is 14.8 Å². The molecule has 0 saturated carbocycles. The van der Waals surface area contributed by atoms with E-state index in [0.29, 0.717) is 45.2 Å². The van der Waals surface area contributed by atoms with Crippen molar-refractivity contribution in [3.63, 3.8) is 0 Å². The van der Waals surface area contributed by atoms with Crippen LogP contribution >= 0.6 is 0 Å². The Balaban J connectivity index is 1.93. The molecule has 1 aliphatic rings. The summed E-state index contributed by atoms with van der Waals surface area (Å²) in [5, 5.41) is 3.10. The third kappa shape index (κ3) is 5.71. The van der Waals surface area contributed by atoms with Crippen molar-refractivity contribution in [2.45, 2.75) is 33.6 Å². The van der Waals surface area contributed by atoms with Crippen LogP contribution in [0.15, 0.2) is 71.1 Å². The molecule has 1 aliphatic heterocycles. The molecule has 2 aromatic rings. The third-order valence-electron chi connectivity index (χ3n) is 5.50. The molecule has 35 heavy (non-hydrogen) atoms. The second-order valence-electron chi connectivity index (χ2n) is 7.76. The zero-order valence-electron chi connectivity index (χ0n) is 20.5. The van der Waals surface area contributed by atoms with Crippen LogP contribution in [0.1, 0.15) is 49.5 Å². The first-order chi connectivity index (χ1) is 16.8. The van der Waals surface area contributed by atoms with Crippen molar-refractivity contribution in [1.29, 1.82) is 0 Å². The van der Waals surface area contributed by atoms with Gasteiger partial charge in [-0.2, -0.15) is 0 Å². The molecule has 0 atom stereocenters. The lowest BCUT2D eigenvalue weighted by molar-refractivity contribution is -0.139. The number of nitrogens with one attached hydrogen (secondary N) is 1. The molecule has 0 bridgehead atoms. The van der Waals surface area contributed by atoms with Crippen LogP contribution in [0.5, 0.6) is 11.5 Å². The highest BCUT2D eigenvalue weighted by Gasteiger charge is 2.37. The summed E-state index contributed by atoms with van der Waals surface area (Å²) < 4.78 is 21.1. The minimum atomic E-state index is -0.708. The molecular weight excluding hydrogens is 450 g/mol. The van der Waals surface area contributed by atoms with Crippen LogP contribution in [0.2, 0.25) is 0 Å². The summed E-state index contributed by atoms with van der Waals surface area (Å²) in [7, 11) is 1.55. The largest absolute Gasteiger partial charge is 0.497 e. The molecule has 8 heteroatoms. The Kier molecular flexibility index (Phi) is 8.30. The number of rotatable bonds is 8. The van der Waals surface area contributed by atoms with Crippen LogP contribution in [0.4, 0.5) is 0 Å². The quantitative estimate of drug-likeness (QED) is 0.443. The summed E-state index contributed by atoms with van der Waals surface area (Å²) >= 11 is 0. The Bertz CT molecular complexity index is 1120. The first-order valence-corrected chi connectivity index (χ1v) is 11.3. The lowest BCUT2D eigenvalue weighted by Crippen LogP contribution is -2.32. The number of esters is 3. The van der Waals surface area contributed by atoms with Crippen molar-refractivity contribution >= 4 is 17.9 Å². The second kappa shape index (κ2) is 11.4. The highest BCUT2D eigenvalue weighted by atomic mass is 16.5. The molecule has 0 amide bonds. The van der Waals surface area contributed by atoms with Crippen LogP contribution in [-0.4, -0.2) is 38.2 Å². The summed E-state index contributed by atoms with van der Waals surface area (Å²) in [6.45, 7) is 7.35. The van der Waals surface area contributed by atoms with Crippen molar-refractivity contribution in [2.75, 3.05) is 20.3 Å². The number of carbonyl (C=O) groups excluding carboxylic acids is 3. The SMILES string of the molecule is CCOC(=O)C1=C(C)NC(C)=C(C(=O)OCC)C1c1ccc(OC(=O)c2ccc(OC)cc2)cc1. The molecule has 8 nitrogen and oxygen atoms in total. The highest BCUT2D eigenvalue weighted by Crippen LogP contribution is 2.39. The van der Waals surface area contributed by atoms with Gasteiger partial charge in [0.25, 0.3) is 0 Å². The first kappa shape index (κ1) is 25.6. The second-order valence-corrected chi connectivity index (χ2v) is 7.76. The topological polar surface area (TPSA) is 100 Å². The molecule has 2 aromatic carbocycles. The number of allylic oxidation sites excluding steroid dienone is 2. The summed E-state index contributed by atoms with van der Waals surface area (Å²) in [4.78, 5) is 38.2. The van der Waals surface area contributed by atoms with E-state index in [4.69, 9.17) is 18.9 Å². The molecule has 0 spiro atoms. The Hall–Kier alpha value is -4.07. The van der Waals surface area contributed by atoms with Crippen LogP contribution in [0.3, 0.4) is 0 Å². The molecule has 1 heterocycles. The van der Waals surface area contributed by atoms with Gasteiger partial charge in [0.05, 0.1) is 43.0 Å². The van der Waals surface area contributed by atoms with E-state index in [2.05, 4.69) is 5.32 Å². The Morgan fingerprint density at radius 2 is 1.23 bits per heavy atom. The molecule has 0 radical (unpaired) electrons. The van der Waals surface area contributed by atoms with Gasteiger partial charge in [0.2, 0.25) is 0 Å². The number of ether oxygens (including phenoxy) is 4. The van der Waals surface area contributed by atoms with Gasteiger partial charge < -0.3 is 24.3 Å². The maximum absolute atomic E-state index is 12.9. The average molecular weight is 480 g/mol. The molecule has 3 rings (SSSR count). The zero-order valence-corrected chi connectivity index (χ0v) is 20.5. The van der Waals surface area contributed by atoms with Crippen molar-refractivity contribution in [3.8, 4) is 11.5 Å². The lowest BCUT2D eigenvalue weighted by atomic mass is 9.80. The van der Waals surface area contributed by atoms with Gasteiger partial charge in [-0.25, -0.2) is 14.4 Å². The van der Waals surface area contributed by atoms with Crippen LogP contribution in [0, 0.1) is 0 Å². The Morgan fingerprint density at radius 3 is 1.69 bits per heavy atom. The standard InChI is InChI=1S/C27H29NO7/c1-6-33-26(30)22-16(3)28-17(4)23(27(31)34-7-2)24(22)18-8-14-21(15-9-18)35-25(29)19-10-12-20(32-5)13-11-19/h8-15,24,28H,6-7H2,1-5H3. The zero-order chi connectivity index (χ0) is 25.5. The molecular formula is C27H29NO7. The van der Waals surface area contributed by atoms with Gasteiger partial charge in [-0.1, -0.05) is 12.1 Å². The molecule has 0 aliphatic carbocycles. The van der Waals surface area contributed by atoms with E-state index in [1.54, 1.807) is 83.3 Å². The fourth-order valence-corrected chi connectivity index (χ4v) is 3.91. The van der Waals surface area contributed by atoms with Crippen LogP contribution in [0.25, 0.3) is 0 Å². The fraction of sp³-hybridized carbons (Fsp3) is 0.296. The molecule has 1 N–H and O–H groups in total. The minimum absolute atomic E-state index is 0.194. The van der Waals surface area contributed by atoms with Crippen LogP contribution in [-0.2, 0) is 19.1 Å². The van der Waals surface area contributed by atoms with Gasteiger partial charge in [-0.3, -0.25) is 0 Å². The summed E-state index contributed by atoms with van der Waals surface area (Å²) in [5.41, 5.74) is 2.86. The van der Waals surface area contributed by atoms with Gasteiger partial charge in [0.15, 0.2) is 0 Å². The number of dihydropyridines is 1. The summed E-state index contributed by atoms with van der Waals surface area (Å²) in [5.74, 6) is -1.32. The van der Waals surface area contributed by atoms with Gasteiger partial charge in [0.1, 0.15) is 11.5 Å². The summed E-state index contributed by atoms with van der Waals surface area (Å²) in [6.07, 6.45) is 0. The molecule has 0 unspecified atom stereocenters. The van der Waals surface area contributed by atoms with E-state index in [0.717, 1.165) is 0 Å². The third-order valence-corrected chi connectivity index (χ3v) is 5.50. The lowest BCUT2D eigenvalue weighted by Gasteiger charge is -2.30. The Morgan fingerprint density at radius 1 is 0.743 bits per heavy atom. The average Bonchev–Trinajstić information content (AvgIpc) is 2.84. The van der Waals surface area contributed by atoms with E-state index in [1.165, 1.54) is 0 Å². The predicted octanol–water partition coefficient (Wildman–Crippen LogP) is 4.28. The Labute approximate surface area is 204 Å². The smallest absolute Gasteiger partial charge is 0.343 e. The van der Waals surface area contributed by atoms with Gasteiger partial charge in [0, 0.05) is 11.4 Å². The van der Waals surface area contributed by atoms with Gasteiger partial charge in [-0.05, 0) is 69.7 Å². The van der Waals surface area contributed by atoms with Crippen molar-refractivity contribution in [1.82, 2.24) is 5.32 Å². The van der Waals surface area contributed by atoms with E-state index in [1.807, 2.05) is 0 Å². The van der Waals surface area contributed by atoms with E-state index in [-0.39, 0.29) is 13.2 Å². The summed E-state index contributed by atoms with van der Waals surface area (Å²) in [6, 6.07) is 13.2. The fourth-order valence-electron chi connectivity index (χ4n) is 3.91. The minimum Gasteiger partial charge on any atom is -0.497 e. The number of benzene rings is 2. The monoisotopic (exact) mass is 479 g/mol. The molecule has 0 aromatic heterocycles. The number of hydrogen-bond acceptors (Lipinski definition) is 8. The molecule has 0 fully saturated rings. The van der Waals surface area contributed by atoms with E-state index < -0.39 is 23.8 Å². The van der Waals surface area contributed by atoms with E-state index >= 15 is 0 Å². The maximum atomic E-state index is 12.9. The van der Waals surface area contributed by atoms with Gasteiger partial charge >= 0.3 is 17.9 Å². The van der Waals surface area contributed by atoms with Crippen molar-refractivity contribution in [2.24, 2.45) is 0 Å². The normalized spacial score (nSPS) is 13.7. The van der Waals surface area contributed by atoms with Crippen molar-refractivity contribution < 1.29 is 33.3 Å². The van der Waals surface area contributed by atoms with Gasteiger partial charge in [-0.15, -0.1) is 0 Å². The van der Waals surface area contributed by atoms with E-state index in [9.17, 15) is 14.4 Å². The maximum Gasteiger partial charge on any atom is 0.343 e. The predicted molar refractivity (Wildman–Crippen MR) is 129 cm³/mol. The first-order valence-electron chi connectivity index (χ1n) is 11.3. The molecule has 0 saturated heterocycles. The molecule has 184 valence electrons. The number of hydrogen-bond donors (Lipinski definition) is 1. The van der Waals surface area contributed by atoms with Crippen molar-refractivity contribution in [3.05, 3.63) is 82.2 Å². The highest BCUT2D eigenvalue weighted by molar-refractivity contribution is 6.00.